The summed E-state index contributed by atoms with van der Waals surface area (Å²) in [6, 6.07) is 14.0. The topological polar surface area (TPSA) is 83.7 Å². The van der Waals surface area contributed by atoms with Gasteiger partial charge in [-0.05, 0) is 73.6 Å². The van der Waals surface area contributed by atoms with Gasteiger partial charge in [0.15, 0.2) is 0 Å². The van der Waals surface area contributed by atoms with Crippen molar-refractivity contribution in [2.75, 3.05) is 19.5 Å². The lowest BCUT2D eigenvalue weighted by molar-refractivity contribution is -0.149. The lowest BCUT2D eigenvalue weighted by Gasteiger charge is -2.45. The Kier molecular flexibility index (Phi) is 7.03. The van der Waals surface area contributed by atoms with Crippen LogP contribution in [0.15, 0.2) is 42.5 Å². The van der Waals surface area contributed by atoms with Crippen LogP contribution >= 0.6 is 0 Å². The van der Waals surface area contributed by atoms with E-state index in [0.717, 1.165) is 37.6 Å². The number of aromatic nitrogens is 1. The van der Waals surface area contributed by atoms with Gasteiger partial charge in [0.05, 0.1) is 19.9 Å². The van der Waals surface area contributed by atoms with Gasteiger partial charge in [0.2, 0.25) is 11.8 Å². The van der Waals surface area contributed by atoms with Gasteiger partial charge in [-0.3, -0.25) is 9.59 Å². The molecule has 3 aromatic rings. The van der Waals surface area contributed by atoms with Crippen molar-refractivity contribution in [3.8, 4) is 11.5 Å². The first-order chi connectivity index (χ1) is 19.7. The lowest BCUT2D eigenvalue weighted by atomic mass is 9.78. The maximum Gasteiger partial charge on any atom is 0.250 e. The SMILES string of the molecule is COc1ccc(NC(=O)C2(N(C(=O)C[C@H]3[C@H](c4c(C)[nH]c5ccccc45)C3(C)C)C3CC3)CCCCC2)c(OC)c1. The second-order valence-electron chi connectivity index (χ2n) is 12.9. The average Bonchev–Trinajstić information content (AvgIpc) is 3.86. The molecule has 2 aromatic carbocycles. The molecule has 1 aromatic heterocycles. The highest BCUT2D eigenvalue weighted by atomic mass is 16.5. The van der Waals surface area contributed by atoms with Gasteiger partial charge in [-0.25, -0.2) is 0 Å². The van der Waals surface area contributed by atoms with E-state index in [1.807, 2.05) is 17.0 Å². The first-order valence-corrected chi connectivity index (χ1v) is 15.1. The number of carbonyl (C=O) groups is 2. The minimum atomic E-state index is -0.841. The summed E-state index contributed by atoms with van der Waals surface area (Å²) in [5.41, 5.74) is 3.46. The molecule has 1 heterocycles. The number of H-pyrrole nitrogens is 1. The van der Waals surface area contributed by atoms with Gasteiger partial charge in [-0.15, -0.1) is 0 Å². The average molecular weight is 558 g/mol. The van der Waals surface area contributed by atoms with Crippen LogP contribution in [0.1, 0.15) is 82.4 Å². The number of aryl methyl sites for hydroxylation is 1. The Morgan fingerprint density at radius 2 is 1.76 bits per heavy atom. The highest BCUT2D eigenvalue weighted by molar-refractivity contribution is 6.02. The molecule has 7 heteroatoms. The van der Waals surface area contributed by atoms with Crippen LogP contribution in [0.3, 0.4) is 0 Å². The third kappa shape index (κ3) is 4.77. The third-order valence-electron chi connectivity index (χ3n) is 10.1. The second-order valence-corrected chi connectivity index (χ2v) is 12.9. The van der Waals surface area contributed by atoms with Gasteiger partial charge >= 0.3 is 0 Å². The van der Waals surface area contributed by atoms with Crippen molar-refractivity contribution in [3.63, 3.8) is 0 Å². The zero-order valence-electron chi connectivity index (χ0n) is 25.0. The van der Waals surface area contributed by atoms with Gasteiger partial charge in [0.1, 0.15) is 17.0 Å². The third-order valence-corrected chi connectivity index (χ3v) is 10.1. The molecule has 0 bridgehead atoms. The number of anilines is 1. The van der Waals surface area contributed by atoms with E-state index < -0.39 is 5.54 Å². The van der Waals surface area contributed by atoms with Crippen LogP contribution in [0.5, 0.6) is 11.5 Å². The van der Waals surface area contributed by atoms with Crippen LogP contribution in [0.4, 0.5) is 5.69 Å². The highest BCUT2D eigenvalue weighted by Crippen LogP contribution is 2.67. The normalized spacial score (nSPS) is 22.7. The van der Waals surface area contributed by atoms with E-state index in [4.69, 9.17) is 9.47 Å². The van der Waals surface area contributed by atoms with Crippen LogP contribution in [-0.2, 0) is 9.59 Å². The molecule has 6 rings (SSSR count). The predicted octanol–water partition coefficient (Wildman–Crippen LogP) is 6.96. The number of aromatic amines is 1. The Morgan fingerprint density at radius 3 is 2.44 bits per heavy atom. The monoisotopic (exact) mass is 557 g/mol. The van der Waals surface area contributed by atoms with E-state index in [2.05, 4.69) is 55.3 Å². The zero-order chi connectivity index (χ0) is 28.9. The largest absolute Gasteiger partial charge is 0.497 e. The molecule has 0 aliphatic heterocycles. The molecule has 0 radical (unpaired) electrons. The zero-order valence-corrected chi connectivity index (χ0v) is 25.0. The molecule has 0 unspecified atom stereocenters. The Bertz CT molecular complexity index is 1460. The molecule has 3 saturated carbocycles. The van der Waals surface area contributed by atoms with E-state index in [9.17, 15) is 9.59 Å². The summed E-state index contributed by atoms with van der Waals surface area (Å²) in [6.07, 6.45) is 6.75. The number of benzene rings is 2. The number of nitrogens with one attached hydrogen (secondary N) is 2. The van der Waals surface area contributed by atoms with Crippen molar-refractivity contribution in [3.05, 3.63) is 53.7 Å². The van der Waals surface area contributed by atoms with Gasteiger partial charge in [-0.1, -0.05) is 51.3 Å². The maximum atomic E-state index is 14.4. The molecule has 3 fully saturated rings. The van der Waals surface area contributed by atoms with Crippen LogP contribution in [0.25, 0.3) is 10.9 Å². The molecule has 0 saturated heterocycles. The number of nitrogens with zero attached hydrogens (tertiary/aromatic N) is 1. The van der Waals surface area contributed by atoms with E-state index in [1.54, 1.807) is 20.3 Å². The molecule has 3 aliphatic rings. The molecule has 2 N–H and O–H groups in total. The fraction of sp³-hybridized carbons (Fsp3) is 0.529. The van der Waals surface area contributed by atoms with E-state index in [0.29, 0.717) is 42.4 Å². The first kappa shape index (κ1) is 27.7. The summed E-state index contributed by atoms with van der Waals surface area (Å²) >= 11 is 0. The molecular formula is C34H43N3O4. The second kappa shape index (κ2) is 10.4. The molecule has 41 heavy (non-hydrogen) atoms. The number of methoxy groups -OCH3 is 2. The minimum absolute atomic E-state index is 0.0130. The lowest BCUT2D eigenvalue weighted by Crippen LogP contribution is -2.61. The quantitative estimate of drug-likeness (QED) is 0.298. The molecule has 3 aliphatic carbocycles. The minimum Gasteiger partial charge on any atom is -0.497 e. The van der Waals surface area contributed by atoms with E-state index >= 15 is 0 Å². The van der Waals surface area contributed by atoms with Crippen molar-refractivity contribution in [1.82, 2.24) is 9.88 Å². The number of fused-ring (bicyclic) bond motifs is 1. The summed E-state index contributed by atoms with van der Waals surface area (Å²) in [5, 5.41) is 4.43. The smallest absolute Gasteiger partial charge is 0.250 e. The molecule has 218 valence electrons. The number of rotatable bonds is 9. The number of hydrogen-bond donors (Lipinski definition) is 2. The summed E-state index contributed by atoms with van der Waals surface area (Å²) < 4.78 is 10.9. The summed E-state index contributed by atoms with van der Waals surface area (Å²) in [6.45, 7) is 6.72. The Morgan fingerprint density at radius 1 is 1.02 bits per heavy atom. The summed E-state index contributed by atoms with van der Waals surface area (Å²) in [4.78, 5) is 34.2. The van der Waals surface area contributed by atoms with Crippen LogP contribution in [0.2, 0.25) is 0 Å². The van der Waals surface area contributed by atoms with Crippen molar-refractivity contribution in [2.24, 2.45) is 11.3 Å². The van der Waals surface area contributed by atoms with Crippen molar-refractivity contribution < 1.29 is 19.1 Å². The fourth-order valence-corrected chi connectivity index (χ4v) is 7.66. The van der Waals surface area contributed by atoms with Gasteiger partial charge < -0.3 is 24.7 Å². The van der Waals surface area contributed by atoms with E-state index in [-0.39, 0.29) is 29.2 Å². The number of carbonyl (C=O) groups excluding carboxylic acids is 2. The standard InChI is InChI=1S/C34H43N3O4/c1-21-30(24-11-7-8-12-26(24)35-21)31-25(33(31,2)3)20-29(38)37(22-13-14-22)34(17-9-6-10-18-34)32(39)36-27-16-15-23(40-4)19-28(27)41-5/h7-8,11-12,15-16,19,22,25,31,35H,6,9-10,13-14,17-18,20H2,1-5H3,(H,36,39)/t25-,31+/m0/s1. The number of hydrogen-bond acceptors (Lipinski definition) is 4. The molecule has 2 atom stereocenters. The van der Waals surface area contributed by atoms with Crippen molar-refractivity contribution in [2.45, 2.75) is 89.6 Å². The molecular weight excluding hydrogens is 514 g/mol. The fourth-order valence-electron chi connectivity index (χ4n) is 7.66. The van der Waals surface area contributed by atoms with Gasteiger partial charge in [0.25, 0.3) is 0 Å². The number of para-hydroxylation sites is 1. The van der Waals surface area contributed by atoms with Crippen LogP contribution in [-0.4, -0.2) is 47.5 Å². The number of ether oxygens (including phenoxy) is 2. The van der Waals surface area contributed by atoms with Crippen LogP contribution < -0.4 is 14.8 Å². The van der Waals surface area contributed by atoms with Gasteiger partial charge in [0, 0.05) is 35.1 Å². The molecule has 7 nitrogen and oxygen atoms in total. The van der Waals surface area contributed by atoms with Crippen LogP contribution in [0, 0.1) is 18.3 Å². The summed E-state index contributed by atoms with van der Waals surface area (Å²) in [5.74, 6) is 1.78. The number of amides is 2. The van der Waals surface area contributed by atoms with Crippen molar-refractivity contribution >= 4 is 28.4 Å². The first-order valence-electron chi connectivity index (χ1n) is 15.1. The molecule has 2 amide bonds. The Balaban J connectivity index is 1.28. The highest BCUT2D eigenvalue weighted by Gasteiger charge is 2.61. The maximum absolute atomic E-state index is 14.4. The summed E-state index contributed by atoms with van der Waals surface area (Å²) in [7, 11) is 3.19. The van der Waals surface area contributed by atoms with Crippen molar-refractivity contribution in [1.29, 1.82) is 0 Å². The molecule has 0 spiro atoms. The van der Waals surface area contributed by atoms with Gasteiger partial charge in [-0.2, -0.15) is 0 Å². The Hall–Kier alpha value is -3.48. The van der Waals surface area contributed by atoms with E-state index in [1.165, 1.54) is 16.6 Å². The Labute approximate surface area is 243 Å². The predicted molar refractivity (Wildman–Crippen MR) is 162 cm³/mol.